The van der Waals surface area contributed by atoms with Gasteiger partial charge < -0.3 is 4.74 Å². The molecule has 1 aromatic carbocycles. The molecule has 1 fully saturated rings. The van der Waals surface area contributed by atoms with Gasteiger partial charge in [0.05, 0.1) is 29.4 Å². The van der Waals surface area contributed by atoms with Gasteiger partial charge in [0.25, 0.3) is 10.0 Å². The number of ether oxygens (including phenoxy) is 1. The van der Waals surface area contributed by atoms with Crippen molar-refractivity contribution in [2.24, 2.45) is 0 Å². The summed E-state index contributed by atoms with van der Waals surface area (Å²) < 4.78 is 34.7. The summed E-state index contributed by atoms with van der Waals surface area (Å²) in [5.74, 6) is 0. The van der Waals surface area contributed by atoms with Crippen LogP contribution in [0.25, 0.3) is 0 Å². The Morgan fingerprint density at radius 2 is 2.17 bits per heavy atom. The number of nitrogens with one attached hydrogen (secondary N) is 1. The molecule has 1 N–H and O–H groups in total. The zero-order valence-electron chi connectivity index (χ0n) is 13.3. The number of rotatable bonds is 5. The van der Waals surface area contributed by atoms with Gasteiger partial charge in [-0.15, -0.1) is 0 Å². The molecule has 1 saturated heterocycles. The zero-order valence-corrected chi connectivity index (χ0v) is 14.1. The van der Waals surface area contributed by atoms with Crippen molar-refractivity contribution in [3.8, 4) is 0 Å². The molecule has 6 nitrogen and oxygen atoms in total. The number of nitrogens with zero attached hydrogens (tertiary/aromatic N) is 2. The molecule has 1 aliphatic heterocycles. The van der Waals surface area contributed by atoms with E-state index in [1.54, 1.807) is 23.0 Å². The summed E-state index contributed by atoms with van der Waals surface area (Å²) in [5, 5.41) is 4.20. The van der Waals surface area contributed by atoms with Gasteiger partial charge >= 0.3 is 0 Å². The monoisotopic (exact) mass is 335 g/mol. The molecule has 23 heavy (non-hydrogen) atoms. The van der Waals surface area contributed by atoms with Crippen molar-refractivity contribution in [3.63, 3.8) is 0 Å². The van der Waals surface area contributed by atoms with Crippen molar-refractivity contribution in [2.75, 3.05) is 11.3 Å². The molecule has 0 aliphatic carbocycles. The van der Waals surface area contributed by atoms with Gasteiger partial charge in [0.2, 0.25) is 0 Å². The molecule has 1 aromatic heterocycles. The Labute approximate surface area is 136 Å². The predicted molar refractivity (Wildman–Crippen MR) is 87.9 cm³/mol. The quantitative estimate of drug-likeness (QED) is 0.911. The third-order valence-corrected chi connectivity index (χ3v) is 5.47. The molecule has 124 valence electrons. The standard InChI is InChI=1S/C16H21N3O3S/c1-12-5-6-16(8-13(12)2)23(20,21)18-14-9-17-19(10-14)11-15-4-3-7-22-15/h5-6,8-10,15,18H,3-4,7,11H2,1-2H3/t15-/m0/s1. The highest BCUT2D eigenvalue weighted by Crippen LogP contribution is 2.19. The molecule has 2 aromatic rings. The number of anilines is 1. The van der Waals surface area contributed by atoms with Crippen LogP contribution in [0.2, 0.25) is 0 Å². The van der Waals surface area contributed by atoms with Crippen LogP contribution in [0.3, 0.4) is 0 Å². The van der Waals surface area contributed by atoms with Crippen molar-refractivity contribution in [2.45, 2.75) is 44.2 Å². The van der Waals surface area contributed by atoms with Crippen LogP contribution in [0.1, 0.15) is 24.0 Å². The summed E-state index contributed by atoms with van der Waals surface area (Å²) in [6.45, 7) is 5.28. The summed E-state index contributed by atoms with van der Waals surface area (Å²) in [5.41, 5.74) is 2.47. The lowest BCUT2D eigenvalue weighted by atomic mass is 10.1. The molecule has 0 amide bonds. The van der Waals surface area contributed by atoms with E-state index < -0.39 is 10.0 Å². The summed E-state index contributed by atoms with van der Waals surface area (Å²) >= 11 is 0. The van der Waals surface area contributed by atoms with Crippen molar-refractivity contribution in [1.82, 2.24) is 9.78 Å². The maximum Gasteiger partial charge on any atom is 0.262 e. The smallest absolute Gasteiger partial charge is 0.262 e. The van der Waals surface area contributed by atoms with E-state index in [4.69, 9.17) is 4.74 Å². The normalized spacial score (nSPS) is 18.3. The van der Waals surface area contributed by atoms with Crippen LogP contribution in [-0.2, 0) is 21.3 Å². The largest absolute Gasteiger partial charge is 0.376 e. The van der Waals surface area contributed by atoms with E-state index in [1.165, 1.54) is 6.20 Å². The highest BCUT2D eigenvalue weighted by atomic mass is 32.2. The number of benzene rings is 1. The molecule has 0 saturated carbocycles. The second kappa shape index (κ2) is 6.33. The first-order valence-corrected chi connectivity index (χ1v) is 9.16. The van der Waals surface area contributed by atoms with Gasteiger partial charge in [-0.25, -0.2) is 8.42 Å². The number of aryl methyl sites for hydroxylation is 2. The van der Waals surface area contributed by atoms with Crippen molar-refractivity contribution >= 4 is 15.7 Å². The summed E-state index contributed by atoms with van der Waals surface area (Å²) in [4.78, 5) is 0.257. The third kappa shape index (κ3) is 3.73. The molecule has 0 radical (unpaired) electrons. The Kier molecular flexibility index (Phi) is 4.41. The molecule has 0 bridgehead atoms. The maximum absolute atomic E-state index is 12.4. The first-order valence-electron chi connectivity index (χ1n) is 7.68. The number of hydrogen-bond acceptors (Lipinski definition) is 4. The third-order valence-electron chi connectivity index (χ3n) is 4.09. The van der Waals surface area contributed by atoms with Crippen LogP contribution in [0.15, 0.2) is 35.5 Å². The van der Waals surface area contributed by atoms with E-state index in [-0.39, 0.29) is 11.0 Å². The second-order valence-corrected chi connectivity index (χ2v) is 7.62. The Hall–Kier alpha value is -1.86. The average molecular weight is 335 g/mol. The van der Waals surface area contributed by atoms with E-state index in [0.29, 0.717) is 12.2 Å². The molecule has 3 rings (SSSR count). The lowest BCUT2D eigenvalue weighted by Gasteiger charge is -2.09. The first-order chi connectivity index (χ1) is 10.9. The molecule has 2 heterocycles. The van der Waals surface area contributed by atoms with Crippen LogP contribution >= 0.6 is 0 Å². The average Bonchev–Trinajstić information content (AvgIpc) is 3.14. The number of aromatic nitrogens is 2. The number of hydrogen-bond donors (Lipinski definition) is 1. The highest BCUT2D eigenvalue weighted by molar-refractivity contribution is 7.92. The van der Waals surface area contributed by atoms with E-state index in [0.717, 1.165) is 30.6 Å². The minimum atomic E-state index is -3.60. The Balaban J connectivity index is 1.72. The lowest BCUT2D eigenvalue weighted by molar-refractivity contribution is 0.0940. The fourth-order valence-corrected chi connectivity index (χ4v) is 3.72. The topological polar surface area (TPSA) is 73.2 Å². The van der Waals surface area contributed by atoms with E-state index in [2.05, 4.69) is 9.82 Å². The summed E-state index contributed by atoms with van der Waals surface area (Å²) in [7, 11) is -3.60. The Bertz CT molecular complexity index is 793. The molecule has 1 atom stereocenters. The van der Waals surface area contributed by atoms with E-state index in [1.807, 2.05) is 19.9 Å². The lowest BCUT2D eigenvalue weighted by Crippen LogP contribution is -2.15. The first kappa shape index (κ1) is 16.0. The van der Waals surface area contributed by atoms with Crippen LogP contribution in [0, 0.1) is 13.8 Å². The van der Waals surface area contributed by atoms with Crippen LogP contribution < -0.4 is 4.72 Å². The van der Waals surface area contributed by atoms with Gasteiger partial charge in [-0.1, -0.05) is 6.07 Å². The zero-order chi connectivity index (χ0) is 16.4. The Morgan fingerprint density at radius 3 is 2.87 bits per heavy atom. The molecular weight excluding hydrogens is 314 g/mol. The van der Waals surface area contributed by atoms with Gasteiger partial charge in [-0.2, -0.15) is 5.10 Å². The minimum Gasteiger partial charge on any atom is -0.376 e. The van der Waals surface area contributed by atoms with Crippen LogP contribution in [0.5, 0.6) is 0 Å². The van der Waals surface area contributed by atoms with E-state index in [9.17, 15) is 8.42 Å². The minimum absolute atomic E-state index is 0.166. The van der Waals surface area contributed by atoms with Crippen molar-refractivity contribution in [3.05, 3.63) is 41.7 Å². The molecule has 7 heteroatoms. The molecule has 1 aliphatic rings. The summed E-state index contributed by atoms with van der Waals surface area (Å²) in [6, 6.07) is 5.10. The fourth-order valence-electron chi connectivity index (χ4n) is 2.61. The molecular formula is C16H21N3O3S. The SMILES string of the molecule is Cc1ccc(S(=O)(=O)Nc2cnn(C[C@@H]3CCCO3)c2)cc1C. The van der Waals surface area contributed by atoms with Crippen LogP contribution in [0.4, 0.5) is 5.69 Å². The predicted octanol–water partition coefficient (Wildman–Crippen LogP) is 2.48. The highest BCUT2D eigenvalue weighted by Gasteiger charge is 2.18. The van der Waals surface area contributed by atoms with Gasteiger partial charge in [0.15, 0.2) is 0 Å². The Morgan fingerprint density at radius 1 is 1.35 bits per heavy atom. The fraction of sp³-hybridized carbons (Fsp3) is 0.438. The maximum atomic E-state index is 12.4. The second-order valence-electron chi connectivity index (χ2n) is 5.94. The van der Waals surface area contributed by atoms with Gasteiger partial charge in [-0.3, -0.25) is 9.40 Å². The van der Waals surface area contributed by atoms with E-state index >= 15 is 0 Å². The van der Waals surface area contributed by atoms with Crippen LogP contribution in [-0.4, -0.2) is 30.9 Å². The summed E-state index contributed by atoms with van der Waals surface area (Å²) in [6.07, 6.45) is 5.47. The van der Waals surface area contributed by atoms with Gasteiger partial charge in [0, 0.05) is 12.8 Å². The molecule has 0 spiro atoms. The van der Waals surface area contributed by atoms with Crippen molar-refractivity contribution in [1.29, 1.82) is 0 Å². The van der Waals surface area contributed by atoms with Gasteiger partial charge in [-0.05, 0) is 49.9 Å². The number of sulfonamides is 1. The molecule has 0 unspecified atom stereocenters. The van der Waals surface area contributed by atoms with Gasteiger partial charge in [0.1, 0.15) is 0 Å². The van der Waals surface area contributed by atoms with Crippen molar-refractivity contribution < 1.29 is 13.2 Å².